The van der Waals surface area contributed by atoms with Crippen molar-refractivity contribution in [2.75, 3.05) is 0 Å². The van der Waals surface area contributed by atoms with Crippen LogP contribution in [0.4, 0.5) is 0 Å². The van der Waals surface area contributed by atoms with Gasteiger partial charge in [0.25, 0.3) is 0 Å². The van der Waals surface area contributed by atoms with E-state index >= 15 is 0 Å². The van der Waals surface area contributed by atoms with Gasteiger partial charge in [-0.1, -0.05) is 86.4 Å². The normalized spacial score (nSPS) is 12.5. The summed E-state index contributed by atoms with van der Waals surface area (Å²) in [6.07, 6.45) is 12.4. The molecule has 32 heavy (non-hydrogen) atoms. The van der Waals surface area contributed by atoms with Gasteiger partial charge in [-0.15, -0.1) is 6.42 Å². The predicted octanol–water partition coefficient (Wildman–Crippen LogP) is 8.54. The van der Waals surface area contributed by atoms with Crippen LogP contribution in [0.3, 0.4) is 0 Å². The van der Waals surface area contributed by atoms with E-state index in [0.29, 0.717) is 5.41 Å². The molecule has 1 aliphatic carbocycles. The Labute approximate surface area is 207 Å². The molecule has 0 aliphatic heterocycles. The van der Waals surface area contributed by atoms with E-state index in [0.717, 1.165) is 23.3 Å². The van der Waals surface area contributed by atoms with E-state index in [1.165, 1.54) is 15.0 Å². The number of ether oxygens (including phenoxy) is 1. The first kappa shape index (κ1) is 27.8. The summed E-state index contributed by atoms with van der Waals surface area (Å²) in [6.45, 7) is 15.0. The molecule has 0 amide bonds. The topological polar surface area (TPSA) is 9.23 Å². The fourth-order valence-electron chi connectivity index (χ4n) is 2.68. The first-order chi connectivity index (χ1) is 15.1. The second-order valence-corrected chi connectivity index (χ2v) is 10.6. The third-order valence-corrected chi connectivity index (χ3v) is 4.18. The standard InChI is InChI=1S/C18H18O.C9H13.C3H6.Ti/c1-15(2)13-17(16-9-5-3-6-10-16)14-19-18-11-7-4-8-12-18;1-9(2,3)8-6-4-5-7-8;1-3-2;/h3-14H,1-2H3;6-7H,4H2,1-3H3;1-2H3;/q;-1;;+1. The molecule has 0 bridgehead atoms. The van der Waals surface area contributed by atoms with Crippen molar-refractivity contribution in [3.05, 3.63) is 108 Å². The molecule has 0 N–H and O–H groups in total. The summed E-state index contributed by atoms with van der Waals surface area (Å²) in [5.41, 5.74) is 5.21. The number of rotatable bonds is 4. The molecule has 0 heterocycles. The first-order valence-electron chi connectivity index (χ1n) is 11.0. The van der Waals surface area contributed by atoms with Crippen molar-refractivity contribution < 1.29 is 24.7 Å². The minimum absolute atomic E-state index is 0.323. The Morgan fingerprint density at radius 1 is 0.906 bits per heavy atom. The summed E-state index contributed by atoms with van der Waals surface area (Å²) in [6, 6.07) is 20.0. The van der Waals surface area contributed by atoms with Crippen molar-refractivity contribution in [1.82, 2.24) is 0 Å². The molecule has 0 saturated heterocycles. The molecule has 0 fully saturated rings. The zero-order chi connectivity index (χ0) is 24.0. The zero-order valence-corrected chi connectivity index (χ0v) is 22.3. The van der Waals surface area contributed by atoms with Crippen LogP contribution in [0.25, 0.3) is 5.57 Å². The van der Waals surface area contributed by atoms with E-state index in [9.17, 15) is 0 Å². The van der Waals surface area contributed by atoms with Gasteiger partial charge < -0.3 is 4.74 Å². The van der Waals surface area contributed by atoms with Crippen molar-refractivity contribution in [3.8, 4) is 5.75 Å². The van der Waals surface area contributed by atoms with Crippen LogP contribution in [-0.4, -0.2) is 3.81 Å². The molecule has 0 spiro atoms. The van der Waals surface area contributed by atoms with Crippen LogP contribution < -0.4 is 4.74 Å². The van der Waals surface area contributed by atoms with Crippen LogP contribution in [0.5, 0.6) is 5.75 Å². The van der Waals surface area contributed by atoms with Gasteiger partial charge in [0.05, 0.1) is 6.26 Å². The van der Waals surface area contributed by atoms with Gasteiger partial charge in [-0.3, -0.25) is 6.08 Å². The number of hydrogen-bond acceptors (Lipinski definition) is 1. The van der Waals surface area contributed by atoms with Crippen LogP contribution in [0, 0.1) is 11.5 Å². The monoisotopic (exact) mass is 461 g/mol. The van der Waals surface area contributed by atoms with Crippen LogP contribution in [0.2, 0.25) is 0 Å². The molecule has 2 heteroatoms. The van der Waals surface area contributed by atoms with Crippen molar-refractivity contribution in [3.63, 3.8) is 0 Å². The Morgan fingerprint density at radius 2 is 1.44 bits per heavy atom. The molecule has 2 aromatic carbocycles. The average molecular weight is 461 g/mol. The van der Waals surface area contributed by atoms with Crippen LogP contribution in [-0.2, 0) is 20.0 Å². The van der Waals surface area contributed by atoms with E-state index < -0.39 is 0 Å². The minimum atomic E-state index is 0.323. The van der Waals surface area contributed by atoms with Gasteiger partial charge in [-0.2, -0.15) is 11.6 Å². The molecular formula is C30H37OTi. The van der Waals surface area contributed by atoms with E-state index in [1.54, 1.807) is 6.26 Å². The van der Waals surface area contributed by atoms with Gasteiger partial charge in [0.15, 0.2) is 0 Å². The molecule has 0 aromatic heterocycles. The number of benzene rings is 2. The summed E-state index contributed by atoms with van der Waals surface area (Å²) in [7, 11) is 0. The first-order valence-corrected chi connectivity index (χ1v) is 11.8. The Kier molecular flexibility index (Phi) is 12.8. The summed E-state index contributed by atoms with van der Waals surface area (Å²) >= 11 is 2.08. The van der Waals surface area contributed by atoms with Crippen molar-refractivity contribution >= 4 is 9.38 Å². The van der Waals surface area contributed by atoms with Crippen molar-refractivity contribution in [2.24, 2.45) is 5.41 Å². The molecule has 0 radical (unpaired) electrons. The van der Waals surface area contributed by atoms with E-state index in [-0.39, 0.29) is 0 Å². The quantitative estimate of drug-likeness (QED) is 0.192. The fourth-order valence-corrected chi connectivity index (χ4v) is 2.68. The van der Waals surface area contributed by atoms with Gasteiger partial charge in [0.2, 0.25) is 0 Å². The zero-order valence-electron chi connectivity index (χ0n) is 20.7. The second kappa shape index (κ2) is 14.8. The molecular weight excluding hydrogens is 424 g/mol. The molecule has 1 nitrogen and oxygen atoms in total. The third kappa shape index (κ3) is 12.6. The maximum absolute atomic E-state index is 5.72. The number of allylic oxidation sites excluding steroid dienone is 7. The molecule has 1 aliphatic rings. The molecule has 0 unspecified atom stereocenters. The van der Waals surface area contributed by atoms with Gasteiger partial charge in [-0.05, 0) is 31.5 Å². The van der Waals surface area contributed by atoms with Gasteiger partial charge in [0.1, 0.15) is 5.75 Å². The molecule has 167 valence electrons. The molecule has 3 rings (SSSR count). The van der Waals surface area contributed by atoms with Crippen LogP contribution in [0.1, 0.15) is 60.5 Å². The summed E-state index contributed by atoms with van der Waals surface area (Å²) in [5, 5.41) is 0. The van der Waals surface area contributed by atoms with Gasteiger partial charge >= 0.3 is 37.6 Å². The number of para-hydroxylation sites is 1. The summed E-state index contributed by atoms with van der Waals surface area (Å²) in [5.74, 6) is 0.845. The van der Waals surface area contributed by atoms with Gasteiger partial charge in [0, 0.05) is 5.57 Å². The van der Waals surface area contributed by atoms with Gasteiger partial charge in [-0.25, -0.2) is 6.08 Å². The second-order valence-electron chi connectivity index (χ2n) is 9.05. The van der Waals surface area contributed by atoms with E-state index in [2.05, 4.69) is 105 Å². The van der Waals surface area contributed by atoms with Crippen molar-refractivity contribution in [2.45, 2.75) is 54.9 Å². The maximum atomic E-state index is 5.72. The average Bonchev–Trinajstić information content (AvgIpc) is 3.28. The molecule has 2 aromatic rings. The van der Waals surface area contributed by atoms with E-state index in [4.69, 9.17) is 4.74 Å². The molecule has 0 atom stereocenters. The SMILES string of the molecule is CC(C)(C)C1=CC[C-]=C1.CC(C)=CC(=COc1ccccc1)c1ccccc1.C[C](C)=[Ti+]. The third-order valence-electron chi connectivity index (χ3n) is 4.18. The Bertz CT molecular complexity index is 931. The summed E-state index contributed by atoms with van der Waals surface area (Å²) < 4.78 is 7.13. The fraction of sp³-hybridized carbons (Fsp3) is 0.300. The molecule has 0 saturated carbocycles. The van der Waals surface area contributed by atoms with Crippen LogP contribution in [0.15, 0.2) is 96.3 Å². The Balaban J connectivity index is 0.000000326. The Hall–Kier alpha value is -2.22. The van der Waals surface area contributed by atoms with Crippen LogP contribution >= 0.6 is 0 Å². The summed E-state index contributed by atoms with van der Waals surface area (Å²) in [4.78, 5) is 0. The van der Waals surface area contributed by atoms with Crippen molar-refractivity contribution in [1.29, 1.82) is 0 Å². The number of hydrogen-bond donors (Lipinski definition) is 0. The predicted molar refractivity (Wildman–Crippen MR) is 137 cm³/mol. The van der Waals surface area contributed by atoms with E-state index in [1.807, 2.05) is 48.5 Å². The Morgan fingerprint density at radius 3 is 1.84 bits per heavy atom.